The van der Waals surface area contributed by atoms with Crippen molar-refractivity contribution in [3.63, 3.8) is 0 Å². The molecule has 20 nitrogen and oxygen atoms in total. The molecule has 16 atom stereocenters. The lowest BCUT2D eigenvalue weighted by molar-refractivity contribution is -0.378. The number of aliphatic hydroxyl groups is 9. The number of carboxylic acids is 1. The lowest BCUT2D eigenvalue weighted by atomic mass is 9.88. The van der Waals surface area contributed by atoms with E-state index in [1.54, 1.807) is 0 Å². The van der Waals surface area contributed by atoms with Gasteiger partial charge in [-0.15, -0.1) is 0 Å². The molecule has 3 fully saturated rings. The van der Waals surface area contributed by atoms with Crippen LogP contribution in [0.3, 0.4) is 0 Å². The summed E-state index contributed by atoms with van der Waals surface area (Å²) in [5.74, 6) is -6.25. The largest absolute Gasteiger partial charge is 0.477 e. The summed E-state index contributed by atoms with van der Waals surface area (Å²) in [6.45, 7) is 1.08. The van der Waals surface area contributed by atoms with E-state index in [0.29, 0.717) is 0 Å². The molecular weight excluding hydrogens is 628 g/mol. The van der Waals surface area contributed by atoms with E-state index >= 15 is 0 Å². The summed E-state index contributed by atoms with van der Waals surface area (Å²) in [5.41, 5.74) is 0. The number of hydrogen-bond acceptors (Lipinski definition) is 17. The monoisotopic (exact) mass is 672 g/mol. The van der Waals surface area contributed by atoms with Gasteiger partial charge < -0.3 is 85.4 Å². The number of aliphatic hydroxyl groups excluding tert-OH is 9. The average molecular weight is 673 g/mol. The molecule has 0 aromatic carbocycles. The second-order valence-electron chi connectivity index (χ2n) is 11.5. The van der Waals surface area contributed by atoms with Gasteiger partial charge in [-0.1, -0.05) is 0 Å². The summed E-state index contributed by atoms with van der Waals surface area (Å²) in [6, 6.07) is -2.62. The number of carbonyl (C=O) groups is 3. The number of carbonyl (C=O) groups excluding carboxylic acids is 2. The first-order valence-electron chi connectivity index (χ1n) is 14.5. The highest BCUT2D eigenvalue weighted by atomic mass is 16.8. The van der Waals surface area contributed by atoms with Gasteiger partial charge >= 0.3 is 5.97 Å². The second-order valence-corrected chi connectivity index (χ2v) is 11.5. The Labute approximate surface area is 262 Å². The number of rotatable bonds is 12. The second kappa shape index (κ2) is 15.8. The molecule has 0 aromatic rings. The average Bonchev–Trinajstić information content (AvgIpc) is 2.99. The Morgan fingerprint density at radius 2 is 1.41 bits per heavy atom. The van der Waals surface area contributed by atoms with Gasteiger partial charge in [-0.3, -0.25) is 9.59 Å². The van der Waals surface area contributed by atoms with Gasteiger partial charge in [0.2, 0.25) is 11.8 Å². The van der Waals surface area contributed by atoms with E-state index in [2.05, 4.69) is 10.6 Å². The van der Waals surface area contributed by atoms with Crippen LogP contribution >= 0.6 is 0 Å². The van der Waals surface area contributed by atoms with E-state index < -0.39 is 141 Å². The van der Waals surface area contributed by atoms with Crippen LogP contribution in [-0.2, 0) is 38.1 Å². The van der Waals surface area contributed by atoms with Crippen LogP contribution < -0.4 is 10.6 Å². The van der Waals surface area contributed by atoms with Crippen LogP contribution in [0.25, 0.3) is 0 Å². The molecule has 12 N–H and O–H groups in total. The van der Waals surface area contributed by atoms with Gasteiger partial charge in [0.25, 0.3) is 5.79 Å². The normalized spacial score (nSPS) is 42.9. The van der Waals surface area contributed by atoms with Crippen molar-refractivity contribution in [2.45, 2.75) is 125 Å². The van der Waals surface area contributed by atoms with Gasteiger partial charge in [0, 0.05) is 20.3 Å². The topological polar surface area (TPSA) is 324 Å². The highest BCUT2D eigenvalue weighted by Crippen LogP contribution is 2.38. The molecule has 0 aliphatic carbocycles. The highest BCUT2D eigenvalue weighted by Gasteiger charge is 2.60. The van der Waals surface area contributed by atoms with Crippen molar-refractivity contribution in [1.29, 1.82) is 0 Å². The van der Waals surface area contributed by atoms with Crippen LogP contribution in [-0.4, -0.2) is 186 Å². The van der Waals surface area contributed by atoms with E-state index in [4.69, 9.17) is 23.7 Å². The lowest BCUT2D eigenvalue weighted by Crippen LogP contribution is -2.71. The Bertz CT molecular complexity index is 1050. The van der Waals surface area contributed by atoms with Gasteiger partial charge in [-0.2, -0.15) is 0 Å². The van der Waals surface area contributed by atoms with Crippen LogP contribution in [0.2, 0.25) is 0 Å². The van der Waals surface area contributed by atoms with Crippen LogP contribution in [0.15, 0.2) is 0 Å². The van der Waals surface area contributed by atoms with Gasteiger partial charge in [-0.05, 0) is 6.92 Å². The van der Waals surface area contributed by atoms with Crippen molar-refractivity contribution in [2.24, 2.45) is 0 Å². The minimum atomic E-state index is -3.00. The summed E-state index contributed by atoms with van der Waals surface area (Å²) in [4.78, 5) is 36.4. The fourth-order valence-electron chi connectivity index (χ4n) is 5.81. The number of ether oxygens (including phenoxy) is 5. The van der Waals surface area contributed by atoms with Crippen molar-refractivity contribution in [3.05, 3.63) is 0 Å². The van der Waals surface area contributed by atoms with E-state index in [1.807, 2.05) is 0 Å². The molecule has 3 heterocycles. The van der Waals surface area contributed by atoms with Gasteiger partial charge in [-0.25, -0.2) is 4.79 Å². The summed E-state index contributed by atoms with van der Waals surface area (Å²) in [5, 5.41) is 109. The maximum atomic E-state index is 12.7. The molecule has 3 saturated heterocycles. The predicted octanol–water partition coefficient (Wildman–Crippen LogP) is -7.01. The maximum absolute atomic E-state index is 12.7. The Hall–Kier alpha value is -2.15. The Balaban J connectivity index is 1.98. The summed E-state index contributed by atoms with van der Waals surface area (Å²) in [7, 11) is 0. The van der Waals surface area contributed by atoms with Crippen molar-refractivity contribution in [1.82, 2.24) is 10.6 Å². The molecule has 3 aliphatic rings. The van der Waals surface area contributed by atoms with Crippen LogP contribution in [0, 0.1) is 0 Å². The van der Waals surface area contributed by atoms with E-state index in [0.717, 1.165) is 6.92 Å². The molecule has 5 unspecified atom stereocenters. The van der Waals surface area contributed by atoms with Crippen LogP contribution in [0.4, 0.5) is 0 Å². The quantitative estimate of drug-likeness (QED) is 0.0916. The molecule has 3 aliphatic heterocycles. The summed E-state index contributed by atoms with van der Waals surface area (Å²) in [6.07, 6.45) is -23.7. The summed E-state index contributed by atoms with van der Waals surface area (Å²) < 4.78 is 28.1. The molecule has 0 aromatic heterocycles. The van der Waals surface area contributed by atoms with Crippen molar-refractivity contribution >= 4 is 17.8 Å². The number of amides is 2. The highest BCUT2D eigenvalue weighted by molar-refractivity contribution is 5.76. The molecule has 0 bridgehead atoms. The zero-order valence-corrected chi connectivity index (χ0v) is 25.2. The number of aliphatic carboxylic acids is 1. The number of carboxylic acid groups (broad SMARTS) is 1. The predicted molar refractivity (Wildman–Crippen MR) is 145 cm³/mol. The standard InChI is InChI=1S/C26H44N2O18/c1-8-15(27-9(2)32)21(18(37)13(6-30)42-8)44-24-20(39)23(19(38)14(7-31)43-24)46-26(25(40)41)4-11(34)16(28-10(3)33)22(45-26)17(36)12(35)5-29/h8,11-24,29-31,34-39H,4-7H2,1-3H3,(H,27,32)(H,28,33)(H,40,41)/t8-,11-,12-,13?,14?,15?,16-,17-,18+,19+,20?,21-,22?,23+,24+,26+/m1/s1. The minimum absolute atomic E-state index is 0.560. The third kappa shape index (κ3) is 8.10. The van der Waals surface area contributed by atoms with Crippen molar-refractivity contribution < 1.29 is 89.1 Å². The molecular formula is C26H44N2O18. The first kappa shape index (κ1) is 38.3. The minimum Gasteiger partial charge on any atom is -0.477 e. The summed E-state index contributed by atoms with van der Waals surface area (Å²) >= 11 is 0. The van der Waals surface area contributed by atoms with E-state index in [1.165, 1.54) is 13.8 Å². The first-order valence-corrected chi connectivity index (χ1v) is 14.5. The maximum Gasteiger partial charge on any atom is 0.364 e. The molecule has 2 amide bonds. The number of hydrogen-bond donors (Lipinski definition) is 12. The first-order chi connectivity index (χ1) is 21.5. The van der Waals surface area contributed by atoms with Gasteiger partial charge in [0.15, 0.2) is 6.29 Å². The van der Waals surface area contributed by atoms with Crippen LogP contribution in [0.5, 0.6) is 0 Å². The fraction of sp³-hybridized carbons (Fsp3) is 0.885. The third-order valence-electron chi connectivity index (χ3n) is 8.14. The molecule has 266 valence electrons. The van der Waals surface area contributed by atoms with E-state index in [9.17, 15) is 65.4 Å². The molecule has 46 heavy (non-hydrogen) atoms. The van der Waals surface area contributed by atoms with Gasteiger partial charge in [0.1, 0.15) is 61.0 Å². The Morgan fingerprint density at radius 1 is 0.870 bits per heavy atom. The fourth-order valence-corrected chi connectivity index (χ4v) is 5.81. The zero-order chi connectivity index (χ0) is 34.7. The molecule has 3 rings (SSSR count). The van der Waals surface area contributed by atoms with Crippen molar-refractivity contribution in [2.75, 3.05) is 19.8 Å². The number of nitrogens with one attached hydrogen (secondary N) is 2. The smallest absolute Gasteiger partial charge is 0.364 e. The third-order valence-corrected chi connectivity index (χ3v) is 8.14. The SMILES string of the molecule is CC(=O)NC1[C@@H](O[C@@H]2OC(CO)[C@H](O)[C@H](O[C@]3(C(=O)O)C[C@@H](O)[C@@H](NC(C)=O)C([C@H](O)[C@H](O)CO)O3)C2O)[C@@H](O)C(CO)O[C@@H]1C. The molecule has 0 radical (unpaired) electrons. The van der Waals surface area contributed by atoms with Gasteiger partial charge in [0.05, 0.1) is 44.1 Å². The van der Waals surface area contributed by atoms with Crippen LogP contribution in [0.1, 0.15) is 27.2 Å². The Morgan fingerprint density at radius 3 is 1.93 bits per heavy atom. The molecule has 0 spiro atoms. The zero-order valence-electron chi connectivity index (χ0n) is 25.2. The van der Waals surface area contributed by atoms with E-state index in [-0.39, 0.29) is 0 Å². The van der Waals surface area contributed by atoms with Crippen molar-refractivity contribution in [3.8, 4) is 0 Å². The lowest BCUT2D eigenvalue weighted by Gasteiger charge is -2.51. The molecule has 20 heteroatoms. The molecule has 0 saturated carbocycles. The Kier molecular flexibility index (Phi) is 13.2.